The number of carbonyl (C=O) groups excluding carboxylic acids is 2. The van der Waals surface area contributed by atoms with Crippen LogP contribution in [0, 0.1) is 5.92 Å². The molecule has 4 rings (SSSR count). The minimum atomic E-state index is -0.715. The van der Waals surface area contributed by atoms with E-state index in [1.54, 1.807) is 16.7 Å². The number of fused-ring (bicyclic) bond motifs is 1. The smallest absolute Gasteiger partial charge is 0.247 e. The van der Waals surface area contributed by atoms with Gasteiger partial charge in [-0.2, -0.15) is 0 Å². The first-order valence-corrected chi connectivity index (χ1v) is 12.6. The molecule has 1 atom stereocenters. The van der Waals surface area contributed by atoms with Crippen LogP contribution in [0.3, 0.4) is 0 Å². The zero-order valence-electron chi connectivity index (χ0n) is 22.5. The lowest BCUT2D eigenvalue weighted by molar-refractivity contribution is -0.141. The normalized spacial score (nSPS) is 11.8. The predicted molar refractivity (Wildman–Crippen MR) is 149 cm³/mol. The second-order valence-corrected chi connectivity index (χ2v) is 9.72. The van der Waals surface area contributed by atoms with Crippen molar-refractivity contribution in [1.82, 2.24) is 19.9 Å². The molecule has 1 N–H and O–H groups in total. The van der Waals surface area contributed by atoms with Crippen LogP contribution in [0.5, 0.6) is 5.75 Å². The topological polar surface area (TPSA) is 92.6 Å². The Labute approximate surface area is 223 Å². The molecule has 0 unspecified atom stereocenters. The summed E-state index contributed by atoms with van der Waals surface area (Å²) in [5.74, 6) is 0.0990. The number of nitrogens with one attached hydrogen (secondary N) is 1. The van der Waals surface area contributed by atoms with Gasteiger partial charge in [-0.1, -0.05) is 43.3 Å². The summed E-state index contributed by atoms with van der Waals surface area (Å²) >= 11 is 0. The van der Waals surface area contributed by atoms with E-state index in [1.165, 1.54) is 0 Å². The molecule has 0 bridgehead atoms. The van der Waals surface area contributed by atoms with Gasteiger partial charge in [-0.25, -0.2) is 4.68 Å². The first kappa shape index (κ1) is 26.7. The molecule has 2 amide bonds. The molecule has 3 aromatic carbocycles. The number of amides is 2. The van der Waals surface area contributed by atoms with Gasteiger partial charge >= 0.3 is 0 Å². The molecule has 0 aliphatic carbocycles. The van der Waals surface area contributed by atoms with E-state index in [-0.39, 0.29) is 30.8 Å². The van der Waals surface area contributed by atoms with Crippen LogP contribution in [0.2, 0.25) is 0 Å². The van der Waals surface area contributed by atoms with Gasteiger partial charge in [0, 0.05) is 32.0 Å². The average Bonchev–Trinajstić information content (AvgIpc) is 3.31. The van der Waals surface area contributed by atoms with Crippen molar-refractivity contribution in [2.45, 2.75) is 33.0 Å². The van der Waals surface area contributed by atoms with Gasteiger partial charge in [-0.3, -0.25) is 9.59 Å². The summed E-state index contributed by atoms with van der Waals surface area (Å²) in [7, 11) is 5.53. The van der Waals surface area contributed by atoms with E-state index < -0.39 is 6.04 Å². The molecule has 1 aromatic heterocycles. The van der Waals surface area contributed by atoms with Crippen LogP contribution in [0.25, 0.3) is 11.0 Å². The van der Waals surface area contributed by atoms with Crippen LogP contribution in [0.1, 0.15) is 19.4 Å². The lowest BCUT2D eigenvalue weighted by atomic mass is 10.00. The predicted octanol–water partition coefficient (Wildman–Crippen LogP) is 4.20. The van der Waals surface area contributed by atoms with Crippen molar-refractivity contribution in [3.8, 4) is 5.75 Å². The third-order valence-electron chi connectivity index (χ3n) is 6.42. The Morgan fingerprint density at radius 3 is 2.29 bits per heavy atom. The summed E-state index contributed by atoms with van der Waals surface area (Å²) in [4.78, 5) is 31.1. The van der Waals surface area contributed by atoms with Crippen molar-refractivity contribution in [3.63, 3.8) is 0 Å². The van der Waals surface area contributed by atoms with Crippen LogP contribution in [0.4, 0.5) is 11.4 Å². The highest BCUT2D eigenvalue weighted by Gasteiger charge is 2.33. The average molecular weight is 515 g/mol. The van der Waals surface area contributed by atoms with Gasteiger partial charge < -0.3 is 19.9 Å². The van der Waals surface area contributed by atoms with E-state index in [0.717, 1.165) is 22.5 Å². The second-order valence-electron chi connectivity index (χ2n) is 9.72. The van der Waals surface area contributed by atoms with Crippen LogP contribution >= 0.6 is 0 Å². The van der Waals surface area contributed by atoms with Gasteiger partial charge in [0.2, 0.25) is 11.8 Å². The molecule has 38 heavy (non-hydrogen) atoms. The van der Waals surface area contributed by atoms with Gasteiger partial charge in [0.25, 0.3) is 0 Å². The van der Waals surface area contributed by atoms with Crippen molar-refractivity contribution in [3.05, 3.63) is 78.4 Å². The Kier molecular flexibility index (Phi) is 8.25. The molecule has 9 heteroatoms. The quantitative estimate of drug-likeness (QED) is 0.341. The van der Waals surface area contributed by atoms with Gasteiger partial charge in [0.1, 0.15) is 23.9 Å². The third-order valence-corrected chi connectivity index (χ3v) is 6.42. The van der Waals surface area contributed by atoms with E-state index in [1.807, 2.05) is 106 Å². The Bertz CT molecular complexity index is 1380. The summed E-state index contributed by atoms with van der Waals surface area (Å²) in [6, 6.07) is 21.9. The molecule has 0 aliphatic heterocycles. The highest BCUT2D eigenvalue weighted by molar-refractivity contribution is 5.97. The molecule has 0 aliphatic rings. The molecule has 4 aromatic rings. The maximum atomic E-state index is 13.8. The zero-order valence-corrected chi connectivity index (χ0v) is 22.5. The number of hydrogen-bond acceptors (Lipinski definition) is 6. The molecule has 198 valence electrons. The standard InChI is InChI=1S/C29H34N6O3/c1-20(2)28(29(37)30-22-12-14-23(15-13-22)33(3)4)34(18-21-10-16-24(38-5)17-11-21)27(36)19-35-26-9-7-6-8-25(26)31-32-35/h6-17,20,28H,18-19H2,1-5H3,(H,30,37)/t28-/m1/s1. The first-order valence-electron chi connectivity index (χ1n) is 12.6. The Hall–Kier alpha value is -4.40. The summed E-state index contributed by atoms with van der Waals surface area (Å²) < 4.78 is 6.86. The maximum absolute atomic E-state index is 13.8. The SMILES string of the molecule is COc1ccc(CN(C(=O)Cn2nnc3ccccc32)[C@@H](C(=O)Nc2ccc(N(C)C)cc2)C(C)C)cc1. The van der Waals surface area contributed by atoms with Crippen molar-refractivity contribution >= 4 is 34.2 Å². The molecular weight excluding hydrogens is 480 g/mol. The van der Waals surface area contributed by atoms with E-state index in [9.17, 15) is 9.59 Å². The van der Waals surface area contributed by atoms with Crippen molar-refractivity contribution in [1.29, 1.82) is 0 Å². The zero-order chi connectivity index (χ0) is 27.2. The molecule has 0 saturated carbocycles. The molecule has 1 heterocycles. The number of para-hydroxylation sites is 1. The number of benzene rings is 3. The Balaban J connectivity index is 1.63. The molecule has 0 fully saturated rings. The van der Waals surface area contributed by atoms with E-state index >= 15 is 0 Å². The number of methoxy groups -OCH3 is 1. The summed E-state index contributed by atoms with van der Waals surface area (Å²) in [5.41, 5.74) is 4.06. The van der Waals surface area contributed by atoms with Crippen LogP contribution in [-0.4, -0.2) is 59.0 Å². The van der Waals surface area contributed by atoms with E-state index in [2.05, 4.69) is 15.6 Å². The molecule has 0 spiro atoms. The first-order chi connectivity index (χ1) is 18.3. The third kappa shape index (κ3) is 6.11. The summed E-state index contributed by atoms with van der Waals surface area (Å²) in [5, 5.41) is 11.4. The summed E-state index contributed by atoms with van der Waals surface area (Å²) in [6.07, 6.45) is 0. The van der Waals surface area contributed by atoms with Crippen LogP contribution in [-0.2, 0) is 22.7 Å². The lowest BCUT2D eigenvalue weighted by Gasteiger charge is -2.33. The number of nitrogens with zero attached hydrogens (tertiary/aromatic N) is 5. The van der Waals surface area contributed by atoms with Crippen molar-refractivity contribution in [2.24, 2.45) is 5.92 Å². The number of anilines is 2. The number of carbonyl (C=O) groups is 2. The van der Waals surface area contributed by atoms with Gasteiger partial charge in [0.05, 0.1) is 12.6 Å². The maximum Gasteiger partial charge on any atom is 0.247 e. The second kappa shape index (κ2) is 11.8. The van der Waals surface area contributed by atoms with Crippen molar-refractivity contribution in [2.75, 3.05) is 31.4 Å². The number of ether oxygens (including phenoxy) is 1. The number of aromatic nitrogens is 3. The molecule has 0 radical (unpaired) electrons. The fourth-order valence-corrected chi connectivity index (χ4v) is 4.39. The minimum absolute atomic E-state index is 0.0370. The van der Waals surface area contributed by atoms with Gasteiger partial charge in [0.15, 0.2) is 0 Å². The van der Waals surface area contributed by atoms with Crippen LogP contribution in [0.15, 0.2) is 72.8 Å². The Morgan fingerprint density at radius 2 is 1.66 bits per heavy atom. The van der Waals surface area contributed by atoms with Gasteiger partial charge in [-0.05, 0) is 60.0 Å². The minimum Gasteiger partial charge on any atom is -0.497 e. The monoisotopic (exact) mass is 514 g/mol. The van der Waals surface area contributed by atoms with E-state index in [0.29, 0.717) is 11.2 Å². The fourth-order valence-electron chi connectivity index (χ4n) is 4.39. The van der Waals surface area contributed by atoms with Crippen molar-refractivity contribution < 1.29 is 14.3 Å². The lowest BCUT2D eigenvalue weighted by Crippen LogP contribution is -2.50. The fraction of sp³-hybridized carbons (Fsp3) is 0.310. The number of rotatable bonds is 10. The highest BCUT2D eigenvalue weighted by atomic mass is 16.5. The molecular formula is C29H34N6O3. The highest BCUT2D eigenvalue weighted by Crippen LogP contribution is 2.22. The van der Waals surface area contributed by atoms with E-state index in [4.69, 9.17) is 4.74 Å². The van der Waals surface area contributed by atoms with Crippen LogP contribution < -0.4 is 15.0 Å². The summed E-state index contributed by atoms with van der Waals surface area (Å²) in [6.45, 7) is 4.10. The Morgan fingerprint density at radius 1 is 0.974 bits per heavy atom. The molecule has 9 nitrogen and oxygen atoms in total. The van der Waals surface area contributed by atoms with Gasteiger partial charge in [-0.15, -0.1) is 5.10 Å². The largest absolute Gasteiger partial charge is 0.497 e. The molecule has 0 saturated heterocycles. The number of hydrogen-bond donors (Lipinski definition) is 1.